The first-order valence-electron chi connectivity index (χ1n) is 5.58. The summed E-state index contributed by atoms with van der Waals surface area (Å²) in [6, 6.07) is 5.26. The van der Waals surface area contributed by atoms with Gasteiger partial charge in [-0.25, -0.2) is 0 Å². The second-order valence-corrected chi connectivity index (χ2v) is 5.78. The predicted octanol–water partition coefficient (Wildman–Crippen LogP) is 2.42. The largest absolute Gasteiger partial charge is 0.363 e. The average Bonchev–Trinajstić information content (AvgIpc) is 2.29. The van der Waals surface area contributed by atoms with Crippen molar-refractivity contribution in [3.05, 3.63) is 27.7 Å². The molecule has 1 aromatic carbocycles. The lowest BCUT2D eigenvalue weighted by molar-refractivity contribution is -0.130. The minimum absolute atomic E-state index is 0.0475. The molecule has 0 spiro atoms. The Bertz CT molecular complexity index is 463. The van der Waals surface area contributed by atoms with Crippen molar-refractivity contribution in [2.75, 3.05) is 25.0 Å². The van der Waals surface area contributed by atoms with Crippen LogP contribution in [-0.4, -0.2) is 31.2 Å². The molecule has 1 aliphatic heterocycles. The van der Waals surface area contributed by atoms with Crippen LogP contribution >= 0.6 is 27.5 Å². The molecule has 98 valence electrons. The molecule has 1 aromatic rings. The normalized spacial score (nSPS) is 17.1. The Kier molecular flexibility index (Phi) is 4.27. The fraction of sp³-hybridized carbons (Fsp3) is 0.417. The van der Waals surface area contributed by atoms with Crippen molar-refractivity contribution in [1.29, 1.82) is 0 Å². The highest BCUT2D eigenvalue weighted by Crippen LogP contribution is 2.25. The molecule has 4 nitrogen and oxygen atoms in total. The third-order valence-electron chi connectivity index (χ3n) is 2.75. The molecule has 0 aliphatic carbocycles. The molecule has 1 aliphatic rings. The van der Waals surface area contributed by atoms with Gasteiger partial charge >= 0.3 is 0 Å². The van der Waals surface area contributed by atoms with Crippen molar-refractivity contribution in [2.45, 2.75) is 12.5 Å². The smallest absolute Gasteiger partial charge is 0.250 e. The second-order valence-electron chi connectivity index (χ2n) is 4.52. The van der Waals surface area contributed by atoms with Crippen molar-refractivity contribution in [2.24, 2.45) is 0 Å². The SMILES string of the molecule is CC1(OCC(=O)Nc2ccc(Br)c(Cl)c2)CNC1. The zero-order chi connectivity index (χ0) is 13.2. The zero-order valence-corrected chi connectivity index (χ0v) is 12.3. The summed E-state index contributed by atoms with van der Waals surface area (Å²) in [4.78, 5) is 11.7. The highest BCUT2D eigenvalue weighted by atomic mass is 79.9. The molecule has 0 aromatic heterocycles. The highest BCUT2D eigenvalue weighted by Gasteiger charge is 2.32. The fourth-order valence-corrected chi connectivity index (χ4v) is 2.02. The summed E-state index contributed by atoms with van der Waals surface area (Å²) in [7, 11) is 0. The van der Waals surface area contributed by atoms with Gasteiger partial charge < -0.3 is 15.4 Å². The molecule has 0 atom stereocenters. The third kappa shape index (κ3) is 3.45. The lowest BCUT2D eigenvalue weighted by Gasteiger charge is -2.38. The quantitative estimate of drug-likeness (QED) is 0.890. The first kappa shape index (κ1) is 13.8. The van der Waals surface area contributed by atoms with Crippen molar-refractivity contribution < 1.29 is 9.53 Å². The summed E-state index contributed by atoms with van der Waals surface area (Å²) >= 11 is 9.23. The Morgan fingerprint density at radius 3 is 2.89 bits per heavy atom. The van der Waals surface area contributed by atoms with E-state index in [9.17, 15) is 4.79 Å². The summed E-state index contributed by atoms with van der Waals surface area (Å²) in [5.74, 6) is -0.179. The molecule has 0 unspecified atom stereocenters. The van der Waals surface area contributed by atoms with Crippen LogP contribution in [0.5, 0.6) is 0 Å². The molecule has 0 saturated carbocycles. The van der Waals surface area contributed by atoms with Gasteiger partial charge in [-0.15, -0.1) is 0 Å². The Labute approximate surface area is 119 Å². The van der Waals surface area contributed by atoms with Crippen LogP contribution in [0.4, 0.5) is 5.69 Å². The van der Waals surface area contributed by atoms with E-state index in [2.05, 4.69) is 26.6 Å². The van der Waals surface area contributed by atoms with E-state index in [1.807, 2.05) is 6.92 Å². The average molecular weight is 334 g/mol. The van der Waals surface area contributed by atoms with Gasteiger partial charge in [-0.2, -0.15) is 0 Å². The van der Waals surface area contributed by atoms with Crippen LogP contribution in [0.2, 0.25) is 5.02 Å². The van der Waals surface area contributed by atoms with Gasteiger partial charge in [0.25, 0.3) is 0 Å². The number of nitrogens with one attached hydrogen (secondary N) is 2. The maximum atomic E-state index is 11.7. The monoisotopic (exact) mass is 332 g/mol. The van der Waals surface area contributed by atoms with Crippen LogP contribution in [0, 0.1) is 0 Å². The van der Waals surface area contributed by atoms with E-state index in [0.29, 0.717) is 10.7 Å². The second kappa shape index (κ2) is 5.57. The summed E-state index contributed by atoms with van der Waals surface area (Å²) in [6.45, 7) is 3.59. The van der Waals surface area contributed by atoms with Crippen molar-refractivity contribution in [3.63, 3.8) is 0 Å². The number of amides is 1. The van der Waals surface area contributed by atoms with E-state index >= 15 is 0 Å². The van der Waals surface area contributed by atoms with Gasteiger partial charge in [-0.05, 0) is 41.1 Å². The maximum absolute atomic E-state index is 11.7. The molecule has 1 fully saturated rings. The molecule has 1 heterocycles. The molecule has 1 saturated heterocycles. The van der Waals surface area contributed by atoms with Crippen LogP contribution in [0.3, 0.4) is 0 Å². The first-order valence-corrected chi connectivity index (χ1v) is 6.75. The fourth-order valence-electron chi connectivity index (χ4n) is 1.59. The number of rotatable bonds is 4. The minimum Gasteiger partial charge on any atom is -0.363 e. The van der Waals surface area contributed by atoms with Crippen LogP contribution in [0.1, 0.15) is 6.92 Å². The van der Waals surface area contributed by atoms with Gasteiger partial charge in [-0.1, -0.05) is 11.6 Å². The molecule has 2 N–H and O–H groups in total. The van der Waals surface area contributed by atoms with Crippen molar-refractivity contribution >= 4 is 39.1 Å². The van der Waals surface area contributed by atoms with E-state index in [-0.39, 0.29) is 18.1 Å². The number of carbonyl (C=O) groups excluding carboxylic acids is 1. The van der Waals surface area contributed by atoms with Gasteiger partial charge in [0.1, 0.15) is 6.61 Å². The van der Waals surface area contributed by atoms with E-state index < -0.39 is 0 Å². The highest BCUT2D eigenvalue weighted by molar-refractivity contribution is 9.10. The van der Waals surface area contributed by atoms with Crippen LogP contribution in [-0.2, 0) is 9.53 Å². The lowest BCUT2D eigenvalue weighted by atomic mass is 10.0. The van der Waals surface area contributed by atoms with Crippen molar-refractivity contribution in [1.82, 2.24) is 5.32 Å². The van der Waals surface area contributed by atoms with E-state index in [0.717, 1.165) is 17.6 Å². The summed E-state index contributed by atoms with van der Waals surface area (Å²) in [6.07, 6.45) is 0. The minimum atomic E-state index is -0.214. The van der Waals surface area contributed by atoms with Gasteiger partial charge in [0.2, 0.25) is 5.91 Å². The Balaban J connectivity index is 1.85. The number of hydrogen-bond acceptors (Lipinski definition) is 3. The molecule has 2 rings (SSSR count). The first-order chi connectivity index (χ1) is 8.48. The Hall–Kier alpha value is -0.620. The van der Waals surface area contributed by atoms with Crippen LogP contribution < -0.4 is 10.6 Å². The summed E-state index contributed by atoms with van der Waals surface area (Å²) in [5.41, 5.74) is 0.447. The molecule has 0 bridgehead atoms. The molecule has 18 heavy (non-hydrogen) atoms. The number of ether oxygens (including phenoxy) is 1. The van der Waals surface area contributed by atoms with Gasteiger partial charge in [0.15, 0.2) is 0 Å². The van der Waals surface area contributed by atoms with E-state index in [1.165, 1.54) is 0 Å². The van der Waals surface area contributed by atoms with Crippen LogP contribution in [0.25, 0.3) is 0 Å². The Morgan fingerprint density at radius 2 is 2.33 bits per heavy atom. The zero-order valence-electron chi connectivity index (χ0n) is 9.93. The maximum Gasteiger partial charge on any atom is 0.250 e. The molecular weight excluding hydrogens is 320 g/mol. The topological polar surface area (TPSA) is 50.4 Å². The standard InChI is InChI=1S/C12H14BrClN2O2/c1-12(6-15-7-12)18-5-11(17)16-8-2-3-9(13)10(14)4-8/h2-4,15H,5-7H2,1H3,(H,16,17). The lowest BCUT2D eigenvalue weighted by Crippen LogP contribution is -2.59. The summed E-state index contributed by atoms with van der Waals surface area (Å²) in [5, 5.41) is 6.41. The van der Waals surface area contributed by atoms with Crippen molar-refractivity contribution in [3.8, 4) is 0 Å². The number of halogens is 2. The molecular formula is C12H14BrClN2O2. The number of carbonyl (C=O) groups is 1. The van der Waals surface area contributed by atoms with Gasteiger partial charge in [0, 0.05) is 23.2 Å². The number of anilines is 1. The molecule has 6 heteroatoms. The Morgan fingerprint density at radius 1 is 1.61 bits per heavy atom. The molecule has 0 radical (unpaired) electrons. The van der Waals surface area contributed by atoms with E-state index in [1.54, 1.807) is 18.2 Å². The van der Waals surface area contributed by atoms with Gasteiger partial charge in [-0.3, -0.25) is 4.79 Å². The number of benzene rings is 1. The van der Waals surface area contributed by atoms with Gasteiger partial charge in [0.05, 0.1) is 10.6 Å². The third-order valence-corrected chi connectivity index (χ3v) is 3.99. The van der Waals surface area contributed by atoms with E-state index in [4.69, 9.17) is 16.3 Å². The summed E-state index contributed by atoms with van der Waals surface area (Å²) < 4.78 is 6.33. The van der Waals surface area contributed by atoms with Crippen LogP contribution in [0.15, 0.2) is 22.7 Å². The predicted molar refractivity (Wildman–Crippen MR) is 75.0 cm³/mol. The molecule has 1 amide bonds. The number of hydrogen-bond donors (Lipinski definition) is 2.